The Labute approximate surface area is 123 Å². The molecule has 0 spiro atoms. The highest BCUT2D eigenvalue weighted by atomic mass is 19.4. The van der Waals surface area contributed by atoms with Crippen LogP contribution in [0.15, 0.2) is 18.3 Å². The summed E-state index contributed by atoms with van der Waals surface area (Å²) in [5.41, 5.74) is -0.692. The Kier molecular flexibility index (Phi) is 5.08. The molecule has 0 aromatic carbocycles. The minimum Gasteiger partial charge on any atom is -0.355 e. The minimum atomic E-state index is -4.32. The first-order valence-electron chi connectivity index (χ1n) is 7.37. The van der Waals surface area contributed by atoms with E-state index in [0.717, 1.165) is 51.4 Å². The summed E-state index contributed by atoms with van der Waals surface area (Å²) in [6, 6.07) is 2.58. The van der Waals surface area contributed by atoms with Crippen molar-refractivity contribution in [1.82, 2.24) is 9.88 Å². The molecule has 1 aliphatic rings. The number of pyridine rings is 1. The topological polar surface area (TPSA) is 19.4 Å². The van der Waals surface area contributed by atoms with Crippen molar-refractivity contribution in [3.05, 3.63) is 23.9 Å². The number of anilines is 1. The maximum atomic E-state index is 12.5. The molecular formula is C15H22F3N3. The third-order valence-corrected chi connectivity index (χ3v) is 3.61. The van der Waals surface area contributed by atoms with Crippen LogP contribution in [0.25, 0.3) is 0 Å². The second kappa shape index (κ2) is 6.64. The van der Waals surface area contributed by atoms with E-state index in [0.29, 0.717) is 11.7 Å². The van der Waals surface area contributed by atoms with Gasteiger partial charge in [0.2, 0.25) is 0 Å². The molecule has 6 heteroatoms. The molecule has 3 nitrogen and oxygen atoms in total. The lowest BCUT2D eigenvalue weighted by molar-refractivity contribution is -0.137. The van der Waals surface area contributed by atoms with E-state index in [4.69, 9.17) is 0 Å². The first-order valence-corrected chi connectivity index (χ1v) is 7.37. The summed E-state index contributed by atoms with van der Waals surface area (Å²) in [6.45, 7) is 9.07. The van der Waals surface area contributed by atoms with Crippen molar-refractivity contribution in [1.29, 1.82) is 0 Å². The Morgan fingerprint density at radius 1 is 1.14 bits per heavy atom. The van der Waals surface area contributed by atoms with Gasteiger partial charge in [-0.3, -0.25) is 0 Å². The van der Waals surface area contributed by atoms with Crippen molar-refractivity contribution < 1.29 is 13.2 Å². The third-order valence-electron chi connectivity index (χ3n) is 3.61. The van der Waals surface area contributed by atoms with E-state index in [9.17, 15) is 13.2 Å². The molecule has 1 aliphatic heterocycles. The van der Waals surface area contributed by atoms with Crippen molar-refractivity contribution in [3.8, 4) is 0 Å². The molecule has 0 atom stereocenters. The molecule has 1 aromatic rings. The quantitative estimate of drug-likeness (QED) is 0.854. The van der Waals surface area contributed by atoms with Gasteiger partial charge in [-0.1, -0.05) is 13.8 Å². The van der Waals surface area contributed by atoms with Crippen molar-refractivity contribution in [2.24, 2.45) is 5.92 Å². The summed E-state index contributed by atoms with van der Waals surface area (Å²) in [5, 5.41) is 0. The SMILES string of the molecule is CC(C)CN1CCCN(c2ccc(C(F)(F)F)cn2)CC1. The van der Waals surface area contributed by atoms with Gasteiger partial charge < -0.3 is 9.80 Å². The number of nitrogens with zero attached hydrogens (tertiary/aromatic N) is 3. The molecule has 0 N–H and O–H groups in total. The number of aromatic nitrogens is 1. The largest absolute Gasteiger partial charge is 0.417 e. The van der Waals surface area contributed by atoms with Gasteiger partial charge in [0.25, 0.3) is 0 Å². The van der Waals surface area contributed by atoms with E-state index >= 15 is 0 Å². The fourth-order valence-electron chi connectivity index (χ4n) is 2.64. The van der Waals surface area contributed by atoms with Gasteiger partial charge in [-0.25, -0.2) is 4.98 Å². The summed E-state index contributed by atoms with van der Waals surface area (Å²) in [5.74, 6) is 1.26. The smallest absolute Gasteiger partial charge is 0.355 e. The van der Waals surface area contributed by atoms with Crippen LogP contribution in [-0.4, -0.2) is 42.6 Å². The Morgan fingerprint density at radius 2 is 1.90 bits per heavy atom. The first-order chi connectivity index (χ1) is 9.86. The standard InChI is InChI=1S/C15H22F3N3/c1-12(2)11-20-6-3-7-21(9-8-20)14-5-4-13(10-19-14)15(16,17)18/h4-5,10,12H,3,6-9,11H2,1-2H3. The monoisotopic (exact) mass is 301 g/mol. The van der Waals surface area contributed by atoms with Gasteiger partial charge in [0.15, 0.2) is 0 Å². The van der Waals surface area contributed by atoms with Crippen LogP contribution < -0.4 is 4.90 Å². The Bertz CT molecular complexity index is 442. The van der Waals surface area contributed by atoms with Gasteiger partial charge in [0.05, 0.1) is 5.56 Å². The summed E-state index contributed by atoms with van der Waals surface area (Å²) in [4.78, 5) is 8.47. The summed E-state index contributed by atoms with van der Waals surface area (Å²) >= 11 is 0. The van der Waals surface area contributed by atoms with Gasteiger partial charge in [0, 0.05) is 32.4 Å². The predicted molar refractivity (Wildman–Crippen MR) is 77.3 cm³/mol. The zero-order chi connectivity index (χ0) is 15.5. The highest BCUT2D eigenvalue weighted by Crippen LogP contribution is 2.29. The van der Waals surface area contributed by atoms with E-state index in [-0.39, 0.29) is 0 Å². The molecule has 21 heavy (non-hydrogen) atoms. The molecule has 2 rings (SSSR count). The number of hydrogen-bond donors (Lipinski definition) is 0. The van der Waals surface area contributed by atoms with Crippen LogP contribution >= 0.6 is 0 Å². The van der Waals surface area contributed by atoms with E-state index in [1.165, 1.54) is 6.07 Å². The average Bonchev–Trinajstić information content (AvgIpc) is 2.63. The molecule has 1 saturated heterocycles. The second-order valence-corrected chi connectivity index (χ2v) is 5.94. The number of hydrogen-bond acceptors (Lipinski definition) is 3. The van der Waals surface area contributed by atoms with Crippen LogP contribution in [-0.2, 0) is 6.18 Å². The van der Waals surface area contributed by atoms with E-state index < -0.39 is 11.7 Å². The van der Waals surface area contributed by atoms with Crippen molar-refractivity contribution in [2.75, 3.05) is 37.6 Å². The molecule has 118 valence electrons. The van der Waals surface area contributed by atoms with Crippen LogP contribution in [0.1, 0.15) is 25.8 Å². The van der Waals surface area contributed by atoms with Gasteiger partial charge in [-0.15, -0.1) is 0 Å². The fraction of sp³-hybridized carbons (Fsp3) is 0.667. The van der Waals surface area contributed by atoms with E-state index in [2.05, 4.69) is 28.6 Å². The average molecular weight is 301 g/mol. The van der Waals surface area contributed by atoms with Crippen LogP contribution in [0.4, 0.5) is 19.0 Å². The molecule has 1 aromatic heterocycles. The lowest BCUT2D eigenvalue weighted by Crippen LogP contribution is -2.33. The molecule has 0 amide bonds. The normalized spacial score (nSPS) is 18.1. The van der Waals surface area contributed by atoms with Crippen LogP contribution in [0.5, 0.6) is 0 Å². The van der Waals surface area contributed by atoms with Crippen LogP contribution in [0, 0.1) is 5.92 Å². The van der Waals surface area contributed by atoms with Gasteiger partial charge >= 0.3 is 6.18 Å². The number of alkyl halides is 3. The molecule has 1 fully saturated rings. The van der Waals surface area contributed by atoms with E-state index in [1.54, 1.807) is 0 Å². The molecular weight excluding hydrogens is 279 g/mol. The van der Waals surface area contributed by atoms with Gasteiger partial charge in [-0.2, -0.15) is 13.2 Å². The van der Waals surface area contributed by atoms with Crippen molar-refractivity contribution >= 4 is 5.82 Å². The number of rotatable bonds is 3. The molecule has 0 bridgehead atoms. The maximum Gasteiger partial charge on any atom is 0.417 e. The lowest BCUT2D eigenvalue weighted by atomic mass is 10.2. The molecule has 0 unspecified atom stereocenters. The lowest BCUT2D eigenvalue weighted by Gasteiger charge is -2.24. The zero-order valence-electron chi connectivity index (χ0n) is 12.5. The molecule has 0 radical (unpaired) electrons. The highest BCUT2D eigenvalue weighted by molar-refractivity contribution is 5.40. The second-order valence-electron chi connectivity index (χ2n) is 5.94. The Morgan fingerprint density at radius 3 is 2.48 bits per heavy atom. The summed E-state index contributed by atoms with van der Waals surface area (Å²) in [6.07, 6.45) is -2.39. The van der Waals surface area contributed by atoms with Crippen LogP contribution in [0.3, 0.4) is 0 Å². The van der Waals surface area contributed by atoms with Crippen molar-refractivity contribution in [2.45, 2.75) is 26.4 Å². The summed E-state index contributed by atoms with van der Waals surface area (Å²) in [7, 11) is 0. The first kappa shape index (κ1) is 16.1. The predicted octanol–water partition coefficient (Wildman–Crippen LogP) is 3.27. The number of halogens is 3. The fourth-order valence-corrected chi connectivity index (χ4v) is 2.64. The minimum absolute atomic E-state index is 0.626. The van der Waals surface area contributed by atoms with Gasteiger partial charge in [0.1, 0.15) is 5.82 Å². The molecule has 0 aliphatic carbocycles. The Hall–Kier alpha value is -1.30. The van der Waals surface area contributed by atoms with E-state index in [1.807, 2.05) is 0 Å². The van der Waals surface area contributed by atoms with Crippen molar-refractivity contribution in [3.63, 3.8) is 0 Å². The Balaban J connectivity index is 1.99. The maximum absolute atomic E-state index is 12.5. The molecule has 0 saturated carbocycles. The van der Waals surface area contributed by atoms with Gasteiger partial charge in [-0.05, 0) is 31.0 Å². The highest BCUT2D eigenvalue weighted by Gasteiger charge is 2.31. The molecule has 2 heterocycles. The summed E-state index contributed by atoms with van der Waals surface area (Å²) < 4.78 is 37.6. The third kappa shape index (κ3) is 4.59. The zero-order valence-corrected chi connectivity index (χ0v) is 12.5. The van der Waals surface area contributed by atoms with Crippen LogP contribution in [0.2, 0.25) is 0 Å².